The third-order valence-electron chi connectivity index (χ3n) is 3.95. The number of nitrogens with zero attached hydrogens (tertiary/aromatic N) is 3. The van der Waals surface area contributed by atoms with E-state index >= 15 is 0 Å². The predicted octanol–water partition coefficient (Wildman–Crippen LogP) is 4.63. The molecule has 1 N–H and O–H groups in total. The van der Waals surface area contributed by atoms with Crippen molar-refractivity contribution in [3.63, 3.8) is 0 Å². The van der Waals surface area contributed by atoms with Crippen LogP contribution in [0.25, 0.3) is 22.2 Å². The Morgan fingerprint density at radius 2 is 1.88 bits per heavy atom. The number of nitrogens with one attached hydrogen (secondary N) is 1. The molecule has 2 heterocycles. The molecule has 0 aliphatic rings. The number of rotatable bonds is 5. The van der Waals surface area contributed by atoms with E-state index in [1.807, 2.05) is 53.3 Å². The molecule has 0 saturated carbocycles. The van der Waals surface area contributed by atoms with Crippen LogP contribution in [0.15, 0.2) is 60.9 Å². The highest BCUT2D eigenvalue weighted by Crippen LogP contribution is 2.27. The average molecular weight is 318 g/mol. The lowest BCUT2D eigenvalue weighted by Gasteiger charge is -2.07. The van der Waals surface area contributed by atoms with Crippen LogP contribution in [0.1, 0.15) is 13.3 Å². The molecule has 0 radical (unpaired) electrons. The first-order chi connectivity index (χ1) is 11.8. The fourth-order valence-corrected chi connectivity index (χ4v) is 2.77. The number of ether oxygens (including phenoxy) is 1. The van der Waals surface area contributed by atoms with E-state index in [1.54, 1.807) is 6.20 Å². The molecule has 4 rings (SSSR count). The maximum absolute atomic E-state index is 5.97. The van der Waals surface area contributed by atoms with E-state index in [4.69, 9.17) is 4.74 Å². The zero-order chi connectivity index (χ0) is 16.4. The maximum Gasteiger partial charge on any atom is 0.128 e. The van der Waals surface area contributed by atoms with E-state index in [1.165, 1.54) is 0 Å². The van der Waals surface area contributed by atoms with Crippen molar-refractivity contribution in [3.05, 3.63) is 60.9 Å². The van der Waals surface area contributed by atoms with Crippen LogP contribution in [0.3, 0.4) is 0 Å². The van der Waals surface area contributed by atoms with Crippen LogP contribution < -0.4 is 4.74 Å². The van der Waals surface area contributed by atoms with Crippen LogP contribution in [0.4, 0.5) is 0 Å². The van der Waals surface area contributed by atoms with Crippen LogP contribution in [0, 0.1) is 0 Å². The fraction of sp³-hybridized carbons (Fsp3) is 0.158. The summed E-state index contributed by atoms with van der Waals surface area (Å²) in [7, 11) is 0. The summed E-state index contributed by atoms with van der Waals surface area (Å²) in [6.45, 7) is 3.08. The van der Waals surface area contributed by atoms with Crippen molar-refractivity contribution in [2.24, 2.45) is 0 Å². The lowest BCUT2D eigenvalue weighted by atomic mass is 10.1. The van der Waals surface area contributed by atoms with E-state index in [2.05, 4.69) is 28.3 Å². The second-order valence-corrected chi connectivity index (χ2v) is 5.69. The number of aryl methyl sites for hydroxylation is 1. The molecule has 0 saturated heterocycles. The lowest BCUT2D eigenvalue weighted by Crippen LogP contribution is -1.97. The summed E-state index contributed by atoms with van der Waals surface area (Å²) < 4.78 is 7.99. The molecule has 5 nitrogen and oxygen atoms in total. The fourth-order valence-electron chi connectivity index (χ4n) is 2.77. The molecule has 0 amide bonds. The highest BCUT2D eigenvalue weighted by molar-refractivity contribution is 5.80. The summed E-state index contributed by atoms with van der Waals surface area (Å²) >= 11 is 0. The van der Waals surface area contributed by atoms with Crippen molar-refractivity contribution in [2.45, 2.75) is 19.9 Å². The third-order valence-corrected chi connectivity index (χ3v) is 3.95. The molecule has 0 spiro atoms. The smallest absolute Gasteiger partial charge is 0.128 e. The molecule has 4 aromatic rings. The Morgan fingerprint density at radius 3 is 2.62 bits per heavy atom. The molecule has 0 aliphatic carbocycles. The highest BCUT2D eigenvalue weighted by atomic mass is 16.5. The topological polar surface area (TPSA) is 55.7 Å². The van der Waals surface area contributed by atoms with Crippen molar-refractivity contribution in [1.82, 2.24) is 20.0 Å². The highest BCUT2D eigenvalue weighted by Gasteiger charge is 2.05. The minimum absolute atomic E-state index is 0.804. The standard InChI is InChI=1S/C19H18N4O/c1-2-11-23-19-8-7-17(12-15(19)13-21-23)24-16-5-3-14(4-6-16)18-9-10-20-22-18/h3-10,12-13H,2,11H2,1H3,(H,20,22). The van der Waals surface area contributed by atoms with E-state index in [0.717, 1.165) is 46.6 Å². The largest absolute Gasteiger partial charge is 0.457 e. The van der Waals surface area contributed by atoms with Crippen LogP contribution in [0.2, 0.25) is 0 Å². The van der Waals surface area contributed by atoms with Gasteiger partial charge >= 0.3 is 0 Å². The molecule has 0 aliphatic heterocycles. The van der Waals surface area contributed by atoms with Gasteiger partial charge in [0.15, 0.2) is 0 Å². The predicted molar refractivity (Wildman–Crippen MR) is 94.1 cm³/mol. The van der Waals surface area contributed by atoms with Gasteiger partial charge in [0.05, 0.1) is 17.4 Å². The van der Waals surface area contributed by atoms with Gasteiger partial charge in [-0.05, 0) is 60.5 Å². The zero-order valence-corrected chi connectivity index (χ0v) is 13.4. The molecule has 2 aromatic heterocycles. The van der Waals surface area contributed by atoms with Crippen molar-refractivity contribution in [1.29, 1.82) is 0 Å². The molecular weight excluding hydrogens is 300 g/mol. The van der Waals surface area contributed by atoms with Gasteiger partial charge in [0, 0.05) is 18.1 Å². The van der Waals surface area contributed by atoms with Crippen molar-refractivity contribution in [3.8, 4) is 22.8 Å². The SMILES string of the molecule is CCCn1ncc2cc(Oc3ccc(-c4ccn[nH]4)cc3)ccc21. The Kier molecular flexibility index (Phi) is 3.75. The van der Waals surface area contributed by atoms with Crippen LogP contribution in [-0.4, -0.2) is 20.0 Å². The average Bonchev–Trinajstić information content (AvgIpc) is 3.26. The lowest BCUT2D eigenvalue weighted by molar-refractivity contribution is 0.483. The van der Waals surface area contributed by atoms with Gasteiger partial charge in [-0.25, -0.2) is 0 Å². The molecule has 24 heavy (non-hydrogen) atoms. The normalized spacial score (nSPS) is 11.0. The summed E-state index contributed by atoms with van der Waals surface area (Å²) in [6, 6.07) is 16.0. The Balaban J connectivity index is 1.55. The van der Waals surface area contributed by atoms with E-state index in [9.17, 15) is 0 Å². The number of hydrogen-bond donors (Lipinski definition) is 1. The van der Waals surface area contributed by atoms with Gasteiger partial charge < -0.3 is 4.74 Å². The second kappa shape index (κ2) is 6.20. The molecule has 2 aromatic carbocycles. The monoisotopic (exact) mass is 318 g/mol. The Morgan fingerprint density at radius 1 is 1.04 bits per heavy atom. The van der Waals surface area contributed by atoms with Crippen LogP contribution in [-0.2, 0) is 6.54 Å². The summed E-state index contributed by atoms with van der Waals surface area (Å²) in [5.74, 6) is 1.62. The molecule has 0 unspecified atom stereocenters. The van der Waals surface area contributed by atoms with Crippen LogP contribution in [0.5, 0.6) is 11.5 Å². The Labute approximate surface area is 139 Å². The first-order valence-corrected chi connectivity index (χ1v) is 8.07. The van der Waals surface area contributed by atoms with Crippen molar-refractivity contribution < 1.29 is 4.74 Å². The maximum atomic E-state index is 5.97. The zero-order valence-electron chi connectivity index (χ0n) is 13.4. The van der Waals surface area contributed by atoms with E-state index < -0.39 is 0 Å². The van der Waals surface area contributed by atoms with E-state index in [0.29, 0.717) is 0 Å². The van der Waals surface area contributed by atoms with Gasteiger partial charge in [0.2, 0.25) is 0 Å². The number of aromatic nitrogens is 4. The number of benzene rings is 2. The van der Waals surface area contributed by atoms with E-state index in [-0.39, 0.29) is 0 Å². The first-order valence-electron chi connectivity index (χ1n) is 8.07. The van der Waals surface area contributed by atoms with Gasteiger partial charge in [-0.1, -0.05) is 6.92 Å². The quantitative estimate of drug-likeness (QED) is 0.584. The number of hydrogen-bond acceptors (Lipinski definition) is 3. The molecular formula is C19H18N4O. The van der Waals surface area contributed by atoms with Gasteiger partial charge in [-0.15, -0.1) is 0 Å². The Bertz CT molecular complexity index is 939. The van der Waals surface area contributed by atoms with Crippen molar-refractivity contribution >= 4 is 10.9 Å². The number of aromatic amines is 1. The summed E-state index contributed by atoms with van der Waals surface area (Å²) in [5.41, 5.74) is 3.21. The minimum atomic E-state index is 0.804. The molecule has 0 bridgehead atoms. The minimum Gasteiger partial charge on any atom is -0.457 e. The van der Waals surface area contributed by atoms with Gasteiger partial charge in [-0.3, -0.25) is 9.78 Å². The summed E-state index contributed by atoms with van der Waals surface area (Å²) in [4.78, 5) is 0. The molecule has 5 heteroatoms. The number of fused-ring (bicyclic) bond motifs is 1. The summed E-state index contributed by atoms with van der Waals surface area (Å²) in [5, 5.41) is 12.4. The van der Waals surface area contributed by atoms with Gasteiger partial charge in [0.25, 0.3) is 0 Å². The molecule has 120 valence electrons. The van der Waals surface area contributed by atoms with Gasteiger partial charge in [0.1, 0.15) is 11.5 Å². The van der Waals surface area contributed by atoms with Crippen LogP contribution >= 0.6 is 0 Å². The van der Waals surface area contributed by atoms with Gasteiger partial charge in [-0.2, -0.15) is 10.2 Å². The molecule has 0 fully saturated rings. The summed E-state index contributed by atoms with van der Waals surface area (Å²) in [6.07, 6.45) is 4.70. The molecule has 0 atom stereocenters. The third kappa shape index (κ3) is 2.76. The Hall–Kier alpha value is -3.08. The second-order valence-electron chi connectivity index (χ2n) is 5.69. The first kappa shape index (κ1) is 14.5. The number of H-pyrrole nitrogens is 1. The van der Waals surface area contributed by atoms with Crippen molar-refractivity contribution in [2.75, 3.05) is 0 Å².